The Hall–Kier alpha value is -1.36. The van der Waals surface area contributed by atoms with E-state index in [0.717, 1.165) is 31.6 Å². The molecule has 2 aliphatic rings. The number of nitrogens with zero attached hydrogens (tertiary/aromatic N) is 3. The van der Waals surface area contributed by atoms with Gasteiger partial charge in [0, 0.05) is 6.54 Å². The molecule has 2 aliphatic heterocycles. The van der Waals surface area contributed by atoms with Crippen LogP contribution >= 0.6 is 11.6 Å². The van der Waals surface area contributed by atoms with Gasteiger partial charge in [0.15, 0.2) is 5.82 Å². The van der Waals surface area contributed by atoms with Crippen LogP contribution in [0, 0.1) is 0 Å². The molecular formula is C11H13ClN4O. The molecule has 5 nitrogen and oxygen atoms in total. The molecule has 1 fully saturated rings. The predicted molar refractivity (Wildman–Crippen MR) is 65.3 cm³/mol. The summed E-state index contributed by atoms with van der Waals surface area (Å²) in [7, 11) is 0. The molecule has 90 valence electrons. The van der Waals surface area contributed by atoms with Crippen molar-refractivity contribution in [1.82, 2.24) is 9.97 Å². The standard InChI is InChI=1S/C11H13ClN4O/c1-2-11-4-3-5-16(11)8-7(14-9(11)17)6-13-10(12)15-8/h6H,2-5H2,1H3,(H,14,17)/t11-/m0/s1. The Labute approximate surface area is 104 Å². The van der Waals surface area contributed by atoms with Crippen molar-refractivity contribution in [3.63, 3.8) is 0 Å². The van der Waals surface area contributed by atoms with Crippen LogP contribution in [0.4, 0.5) is 11.5 Å². The van der Waals surface area contributed by atoms with Crippen LogP contribution < -0.4 is 10.2 Å². The summed E-state index contributed by atoms with van der Waals surface area (Å²) in [5.74, 6) is 0.805. The number of carbonyl (C=O) groups excluding carboxylic acids is 1. The Kier molecular flexibility index (Phi) is 2.26. The number of nitrogens with one attached hydrogen (secondary N) is 1. The van der Waals surface area contributed by atoms with Gasteiger partial charge in [0.25, 0.3) is 0 Å². The van der Waals surface area contributed by atoms with Gasteiger partial charge in [-0.3, -0.25) is 4.79 Å². The number of anilines is 2. The number of halogens is 1. The maximum absolute atomic E-state index is 12.2. The molecule has 0 saturated carbocycles. The van der Waals surface area contributed by atoms with Crippen molar-refractivity contribution in [3.8, 4) is 0 Å². The summed E-state index contributed by atoms with van der Waals surface area (Å²) in [5.41, 5.74) is 0.218. The molecule has 0 radical (unpaired) electrons. The fourth-order valence-corrected chi connectivity index (χ4v) is 2.96. The molecule has 1 saturated heterocycles. The molecule has 1 amide bonds. The summed E-state index contributed by atoms with van der Waals surface area (Å²) >= 11 is 5.83. The fourth-order valence-electron chi connectivity index (χ4n) is 2.84. The normalized spacial score (nSPS) is 26.5. The molecule has 0 aliphatic carbocycles. The van der Waals surface area contributed by atoms with Crippen molar-refractivity contribution in [2.24, 2.45) is 0 Å². The molecular weight excluding hydrogens is 240 g/mol. The van der Waals surface area contributed by atoms with Crippen molar-refractivity contribution in [2.45, 2.75) is 31.7 Å². The van der Waals surface area contributed by atoms with Gasteiger partial charge in [0.2, 0.25) is 11.2 Å². The van der Waals surface area contributed by atoms with Gasteiger partial charge >= 0.3 is 0 Å². The van der Waals surface area contributed by atoms with Gasteiger partial charge in [-0.1, -0.05) is 6.92 Å². The predicted octanol–water partition coefficient (Wildman–Crippen LogP) is 1.83. The molecule has 1 N–H and O–H groups in total. The van der Waals surface area contributed by atoms with Gasteiger partial charge in [-0.25, -0.2) is 4.98 Å². The molecule has 0 unspecified atom stereocenters. The van der Waals surface area contributed by atoms with E-state index in [1.54, 1.807) is 6.20 Å². The summed E-state index contributed by atoms with van der Waals surface area (Å²) in [4.78, 5) is 22.5. The van der Waals surface area contributed by atoms with Gasteiger partial charge in [0.05, 0.1) is 6.20 Å². The lowest BCUT2D eigenvalue weighted by molar-refractivity contribution is -0.121. The quantitative estimate of drug-likeness (QED) is 0.775. The van der Waals surface area contributed by atoms with Gasteiger partial charge < -0.3 is 10.2 Å². The van der Waals surface area contributed by atoms with Gasteiger partial charge in [0.1, 0.15) is 11.2 Å². The van der Waals surface area contributed by atoms with Crippen LogP contribution in [0.1, 0.15) is 26.2 Å². The molecule has 1 atom stereocenters. The molecule has 3 rings (SSSR count). The summed E-state index contributed by atoms with van der Waals surface area (Å²) in [5, 5.41) is 3.11. The first-order chi connectivity index (χ1) is 8.17. The Morgan fingerprint density at radius 3 is 3.24 bits per heavy atom. The van der Waals surface area contributed by atoms with Crippen molar-refractivity contribution in [2.75, 3.05) is 16.8 Å². The summed E-state index contributed by atoms with van der Waals surface area (Å²) < 4.78 is 0. The average molecular weight is 253 g/mol. The highest BCUT2D eigenvalue weighted by Crippen LogP contribution is 2.43. The third-order valence-corrected chi connectivity index (χ3v) is 3.92. The first kappa shape index (κ1) is 10.8. The minimum absolute atomic E-state index is 0.0518. The largest absolute Gasteiger partial charge is 0.340 e. The second-order valence-corrected chi connectivity index (χ2v) is 4.81. The van der Waals surface area contributed by atoms with E-state index in [2.05, 4.69) is 20.2 Å². The number of fused-ring (bicyclic) bond motifs is 3. The third kappa shape index (κ3) is 1.35. The van der Waals surface area contributed by atoms with E-state index in [1.165, 1.54) is 0 Å². The van der Waals surface area contributed by atoms with E-state index in [1.807, 2.05) is 6.92 Å². The number of hydrogen-bond acceptors (Lipinski definition) is 4. The zero-order chi connectivity index (χ0) is 12.0. The Morgan fingerprint density at radius 2 is 2.47 bits per heavy atom. The lowest BCUT2D eigenvalue weighted by Crippen LogP contribution is -2.56. The van der Waals surface area contributed by atoms with Gasteiger partial charge in [-0.15, -0.1) is 0 Å². The van der Waals surface area contributed by atoms with Crippen molar-refractivity contribution in [3.05, 3.63) is 11.5 Å². The van der Waals surface area contributed by atoms with E-state index in [-0.39, 0.29) is 11.2 Å². The Morgan fingerprint density at radius 1 is 1.65 bits per heavy atom. The number of amides is 1. The summed E-state index contributed by atoms with van der Waals surface area (Å²) in [6.07, 6.45) is 4.22. The molecule has 1 aromatic heterocycles. The molecule has 0 bridgehead atoms. The first-order valence-electron chi connectivity index (χ1n) is 5.79. The zero-order valence-electron chi connectivity index (χ0n) is 9.53. The minimum atomic E-state index is -0.440. The Balaban J connectivity index is 2.16. The summed E-state index contributed by atoms with van der Waals surface area (Å²) in [6.45, 7) is 2.88. The van der Waals surface area contributed by atoms with Crippen LogP contribution in [0.2, 0.25) is 5.28 Å². The molecule has 0 aromatic carbocycles. The maximum atomic E-state index is 12.2. The lowest BCUT2D eigenvalue weighted by atomic mass is 9.90. The number of carbonyl (C=O) groups is 1. The van der Waals surface area contributed by atoms with Crippen molar-refractivity contribution >= 4 is 29.0 Å². The van der Waals surface area contributed by atoms with E-state index in [9.17, 15) is 4.79 Å². The Bertz CT molecular complexity index is 492. The molecule has 0 spiro atoms. The lowest BCUT2D eigenvalue weighted by Gasteiger charge is -2.41. The minimum Gasteiger partial charge on any atom is -0.340 e. The van der Waals surface area contributed by atoms with Crippen LogP contribution in [0.5, 0.6) is 0 Å². The van der Waals surface area contributed by atoms with Gasteiger partial charge in [-0.2, -0.15) is 4.98 Å². The highest BCUT2D eigenvalue weighted by molar-refractivity contribution is 6.28. The number of rotatable bonds is 1. The van der Waals surface area contributed by atoms with Crippen LogP contribution in [0.3, 0.4) is 0 Å². The zero-order valence-corrected chi connectivity index (χ0v) is 10.3. The summed E-state index contributed by atoms with van der Waals surface area (Å²) in [6, 6.07) is 0. The van der Waals surface area contributed by atoms with Crippen LogP contribution in [-0.4, -0.2) is 28.0 Å². The number of hydrogen-bond donors (Lipinski definition) is 1. The monoisotopic (exact) mass is 252 g/mol. The second-order valence-electron chi connectivity index (χ2n) is 4.47. The number of aromatic nitrogens is 2. The van der Waals surface area contributed by atoms with E-state index in [0.29, 0.717) is 5.69 Å². The first-order valence-corrected chi connectivity index (χ1v) is 6.17. The molecule has 6 heteroatoms. The molecule has 17 heavy (non-hydrogen) atoms. The van der Waals surface area contributed by atoms with E-state index < -0.39 is 5.54 Å². The third-order valence-electron chi connectivity index (χ3n) is 3.74. The van der Waals surface area contributed by atoms with Crippen molar-refractivity contribution < 1.29 is 4.79 Å². The van der Waals surface area contributed by atoms with Crippen LogP contribution in [0.25, 0.3) is 0 Å². The van der Waals surface area contributed by atoms with E-state index >= 15 is 0 Å². The fraction of sp³-hybridized carbons (Fsp3) is 0.545. The highest BCUT2D eigenvalue weighted by atomic mass is 35.5. The molecule has 1 aromatic rings. The van der Waals surface area contributed by atoms with Crippen LogP contribution in [0.15, 0.2) is 6.20 Å². The van der Waals surface area contributed by atoms with Gasteiger partial charge in [-0.05, 0) is 30.9 Å². The van der Waals surface area contributed by atoms with Crippen LogP contribution in [-0.2, 0) is 4.79 Å². The highest BCUT2D eigenvalue weighted by Gasteiger charge is 2.50. The smallest absolute Gasteiger partial charge is 0.250 e. The SMILES string of the molecule is CC[C@@]12CCCN1c1nc(Cl)ncc1NC2=O. The van der Waals surface area contributed by atoms with Crippen molar-refractivity contribution in [1.29, 1.82) is 0 Å². The molecule has 3 heterocycles. The second kappa shape index (κ2) is 3.57. The topological polar surface area (TPSA) is 58.1 Å². The van der Waals surface area contributed by atoms with E-state index in [4.69, 9.17) is 11.6 Å². The maximum Gasteiger partial charge on any atom is 0.250 e. The average Bonchev–Trinajstić information content (AvgIpc) is 2.76.